The number of aromatic nitrogens is 2. The Balaban J connectivity index is 1.10. The van der Waals surface area contributed by atoms with Crippen LogP contribution in [0.3, 0.4) is 0 Å². The number of para-hydroxylation sites is 1. The third-order valence-corrected chi connectivity index (χ3v) is 11.0. The minimum Gasteiger partial charge on any atom is -0.456 e. The van der Waals surface area contributed by atoms with Crippen LogP contribution in [0.15, 0.2) is 211 Å². The third-order valence-electron chi connectivity index (χ3n) is 11.0. The molecule has 0 aliphatic heterocycles. The molecule has 266 valence electrons. The first kappa shape index (κ1) is 32.8. The van der Waals surface area contributed by atoms with E-state index in [-0.39, 0.29) is 0 Å². The van der Waals surface area contributed by atoms with Crippen LogP contribution in [0.5, 0.6) is 0 Å². The van der Waals surface area contributed by atoms with E-state index in [1.54, 1.807) is 0 Å². The predicted molar refractivity (Wildman–Crippen MR) is 237 cm³/mol. The van der Waals surface area contributed by atoms with Crippen LogP contribution in [0.2, 0.25) is 0 Å². The number of hydrogen-bond acceptors (Lipinski definition) is 3. The van der Waals surface area contributed by atoms with Gasteiger partial charge in [0.25, 0.3) is 0 Å². The topological polar surface area (TPSA) is 38.9 Å². The zero-order valence-corrected chi connectivity index (χ0v) is 30.9. The average molecular weight is 727 g/mol. The maximum Gasteiger partial charge on any atom is 0.160 e. The van der Waals surface area contributed by atoms with Crippen molar-refractivity contribution in [2.75, 3.05) is 0 Å². The van der Waals surface area contributed by atoms with Crippen LogP contribution < -0.4 is 0 Å². The van der Waals surface area contributed by atoms with E-state index in [9.17, 15) is 0 Å². The normalized spacial score (nSPS) is 11.5. The molecule has 0 fully saturated rings. The van der Waals surface area contributed by atoms with E-state index in [0.29, 0.717) is 5.82 Å². The lowest BCUT2D eigenvalue weighted by molar-refractivity contribution is 0.669. The van der Waals surface area contributed by atoms with E-state index in [1.807, 2.05) is 30.3 Å². The summed E-state index contributed by atoms with van der Waals surface area (Å²) in [6.45, 7) is 0. The van der Waals surface area contributed by atoms with Crippen molar-refractivity contribution in [3.05, 3.63) is 206 Å². The van der Waals surface area contributed by atoms with E-state index in [2.05, 4.69) is 176 Å². The average Bonchev–Trinajstić information content (AvgIpc) is 3.67. The lowest BCUT2D eigenvalue weighted by Crippen LogP contribution is -1.97. The maximum absolute atomic E-state index is 6.20. The van der Waals surface area contributed by atoms with Crippen LogP contribution in [0, 0.1) is 0 Å². The second-order valence-electron chi connectivity index (χ2n) is 14.6. The molecule has 0 aliphatic rings. The summed E-state index contributed by atoms with van der Waals surface area (Å²) in [5.74, 6) is 0.683. The molecular formula is C54H34N2O. The van der Waals surface area contributed by atoms with Crippen molar-refractivity contribution >= 4 is 43.5 Å². The van der Waals surface area contributed by atoms with Gasteiger partial charge in [0.2, 0.25) is 0 Å². The van der Waals surface area contributed by atoms with Gasteiger partial charge in [-0.3, -0.25) is 0 Å². The van der Waals surface area contributed by atoms with Crippen molar-refractivity contribution in [2.45, 2.75) is 0 Å². The highest BCUT2D eigenvalue weighted by molar-refractivity contribution is 6.14. The Hall–Kier alpha value is -7.62. The minimum absolute atomic E-state index is 0.683. The second-order valence-corrected chi connectivity index (χ2v) is 14.6. The van der Waals surface area contributed by atoms with E-state index in [1.165, 1.54) is 27.1 Å². The van der Waals surface area contributed by atoms with Gasteiger partial charge in [-0.25, -0.2) is 9.97 Å². The van der Waals surface area contributed by atoms with Crippen molar-refractivity contribution in [1.82, 2.24) is 9.97 Å². The van der Waals surface area contributed by atoms with Crippen molar-refractivity contribution in [1.29, 1.82) is 0 Å². The molecule has 11 rings (SSSR count). The number of hydrogen-bond donors (Lipinski definition) is 0. The zero-order chi connectivity index (χ0) is 37.7. The Morgan fingerprint density at radius 2 is 0.842 bits per heavy atom. The monoisotopic (exact) mass is 726 g/mol. The summed E-state index contributed by atoms with van der Waals surface area (Å²) in [7, 11) is 0. The molecule has 0 radical (unpaired) electrons. The van der Waals surface area contributed by atoms with Crippen LogP contribution in [0.25, 0.3) is 111 Å². The Kier molecular flexibility index (Phi) is 7.82. The summed E-state index contributed by atoms with van der Waals surface area (Å²) in [5, 5.41) is 7.18. The molecule has 0 amide bonds. The summed E-state index contributed by atoms with van der Waals surface area (Å²) in [5.41, 5.74) is 13.3. The molecule has 2 heterocycles. The molecule has 11 aromatic rings. The molecular weight excluding hydrogens is 693 g/mol. The van der Waals surface area contributed by atoms with E-state index >= 15 is 0 Å². The molecule has 3 heteroatoms. The smallest absolute Gasteiger partial charge is 0.160 e. The van der Waals surface area contributed by atoms with Gasteiger partial charge in [-0.15, -0.1) is 0 Å². The Morgan fingerprint density at radius 1 is 0.281 bits per heavy atom. The Bertz CT molecular complexity index is 3290. The molecule has 2 aromatic heterocycles. The molecule has 0 saturated heterocycles. The minimum atomic E-state index is 0.683. The zero-order valence-electron chi connectivity index (χ0n) is 30.9. The van der Waals surface area contributed by atoms with E-state index in [4.69, 9.17) is 14.4 Å². The summed E-state index contributed by atoms with van der Waals surface area (Å²) < 4.78 is 6.20. The lowest BCUT2D eigenvalue weighted by atomic mass is 9.92. The SMILES string of the molecule is c1ccc(-c2cc(-c3ccc4oc5ccccc5c4c3)cc(-c3cc(-c4cccc(-c5cc6ccccc6c6ccccc56)c4)nc(-c4ccccc4)n3)c2)cc1. The molecule has 0 atom stereocenters. The van der Waals surface area contributed by atoms with Gasteiger partial charge < -0.3 is 4.42 Å². The summed E-state index contributed by atoms with van der Waals surface area (Å²) in [6, 6.07) is 72.9. The number of nitrogens with zero attached hydrogens (tertiary/aromatic N) is 2. The van der Waals surface area contributed by atoms with Crippen LogP contribution in [0.4, 0.5) is 0 Å². The van der Waals surface area contributed by atoms with Gasteiger partial charge in [0.05, 0.1) is 11.4 Å². The molecule has 0 aliphatic carbocycles. The van der Waals surface area contributed by atoms with Crippen molar-refractivity contribution in [3.63, 3.8) is 0 Å². The van der Waals surface area contributed by atoms with Gasteiger partial charge in [-0.2, -0.15) is 0 Å². The first-order valence-corrected chi connectivity index (χ1v) is 19.3. The van der Waals surface area contributed by atoms with Crippen molar-refractivity contribution in [3.8, 4) is 67.3 Å². The van der Waals surface area contributed by atoms with Crippen LogP contribution in [-0.2, 0) is 0 Å². The van der Waals surface area contributed by atoms with E-state index < -0.39 is 0 Å². The molecule has 0 N–H and O–H groups in total. The second kappa shape index (κ2) is 13.6. The van der Waals surface area contributed by atoms with Gasteiger partial charge in [-0.05, 0) is 110 Å². The molecule has 57 heavy (non-hydrogen) atoms. The molecule has 9 aromatic carbocycles. The first-order valence-electron chi connectivity index (χ1n) is 19.3. The van der Waals surface area contributed by atoms with Crippen molar-refractivity contribution in [2.24, 2.45) is 0 Å². The molecule has 0 bridgehead atoms. The maximum atomic E-state index is 6.20. The highest BCUT2D eigenvalue weighted by Gasteiger charge is 2.16. The predicted octanol–water partition coefficient (Wildman–Crippen LogP) is 14.7. The fraction of sp³-hybridized carbons (Fsp3) is 0. The largest absolute Gasteiger partial charge is 0.456 e. The summed E-state index contributed by atoms with van der Waals surface area (Å²) in [4.78, 5) is 10.5. The molecule has 0 saturated carbocycles. The highest BCUT2D eigenvalue weighted by atomic mass is 16.3. The number of benzene rings is 9. The first-order chi connectivity index (χ1) is 28.2. The number of rotatable bonds is 6. The molecule has 0 unspecified atom stereocenters. The van der Waals surface area contributed by atoms with Crippen LogP contribution >= 0.6 is 0 Å². The number of furan rings is 1. The van der Waals surface area contributed by atoms with E-state index in [0.717, 1.165) is 77.8 Å². The van der Waals surface area contributed by atoms with Gasteiger partial charge in [0.1, 0.15) is 11.2 Å². The summed E-state index contributed by atoms with van der Waals surface area (Å²) >= 11 is 0. The van der Waals surface area contributed by atoms with Gasteiger partial charge in [0.15, 0.2) is 5.82 Å². The Morgan fingerprint density at radius 3 is 1.65 bits per heavy atom. The standard InChI is InChI=1S/C54H34N2O/c1-3-14-35(15-4-1)41-29-42(37-26-27-53-49(32-37)47-24-11-12-25-52(47)57-53)31-43(30-41)51-34-50(55-54(56-51)36-16-5-2-6-17-36)40-20-13-19-38(28-40)48-33-39-18-7-8-21-44(39)45-22-9-10-23-46(45)48/h1-34H. The molecule has 3 nitrogen and oxygen atoms in total. The van der Waals surface area contributed by atoms with Crippen LogP contribution in [-0.4, -0.2) is 9.97 Å². The fourth-order valence-corrected chi connectivity index (χ4v) is 8.24. The van der Waals surface area contributed by atoms with Gasteiger partial charge in [-0.1, -0.05) is 152 Å². The van der Waals surface area contributed by atoms with Crippen molar-refractivity contribution < 1.29 is 4.42 Å². The molecule has 0 spiro atoms. The van der Waals surface area contributed by atoms with Gasteiger partial charge in [0, 0.05) is 27.5 Å². The Labute approximate surface area is 330 Å². The van der Waals surface area contributed by atoms with Crippen LogP contribution in [0.1, 0.15) is 0 Å². The number of fused-ring (bicyclic) bond motifs is 6. The summed E-state index contributed by atoms with van der Waals surface area (Å²) in [6.07, 6.45) is 0. The highest BCUT2D eigenvalue weighted by Crippen LogP contribution is 2.39. The van der Waals surface area contributed by atoms with Gasteiger partial charge >= 0.3 is 0 Å². The fourth-order valence-electron chi connectivity index (χ4n) is 8.24. The quantitative estimate of drug-likeness (QED) is 0.160. The third kappa shape index (κ3) is 5.94. The lowest BCUT2D eigenvalue weighted by Gasteiger charge is -2.14.